The summed E-state index contributed by atoms with van der Waals surface area (Å²) in [5.41, 5.74) is 7.65. The Bertz CT molecular complexity index is 1090. The highest BCUT2D eigenvalue weighted by Gasteiger charge is 2.40. The number of halogens is 1. The van der Waals surface area contributed by atoms with Crippen LogP contribution in [0.4, 0.5) is 15.9 Å². The van der Waals surface area contributed by atoms with Gasteiger partial charge in [-0.25, -0.2) is 9.37 Å². The van der Waals surface area contributed by atoms with Gasteiger partial charge in [0, 0.05) is 25.6 Å². The molecule has 3 amide bonds. The molecule has 180 valence electrons. The molecule has 2 aromatic rings. The number of rotatable bonds is 5. The number of carbonyl (C=O) groups is 3. The smallest absolute Gasteiger partial charge is 0.313 e. The molecule has 1 saturated carbocycles. The first-order valence-corrected chi connectivity index (χ1v) is 11.7. The number of anilines is 2. The molecule has 2 atom stereocenters. The van der Waals surface area contributed by atoms with Crippen molar-refractivity contribution in [1.29, 1.82) is 0 Å². The molecule has 1 aromatic carbocycles. The van der Waals surface area contributed by atoms with E-state index in [1.807, 2.05) is 13.8 Å². The number of pyridine rings is 1. The highest BCUT2D eigenvalue weighted by molar-refractivity contribution is 6.39. The van der Waals surface area contributed by atoms with Gasteiger partial charge in [-0.3, -0.25) is 14.4 Å². The van der Waals surface area contributed by atoms with Crippen molar-refractivity contribution in [1.82, 2.24) is 14.8 Å². The van der Waals surface area contributed by atoms with E-state index in [1.54, 1.807) is 23.1 Å². The second-order valence-electron chi connectivity index (χ2n) is 9.14. The van der Waals surface area contributed by atoms with E-state index in [9.17, 15) is 18.8 Å². The van der Waals surface area contributed by atoms with Crippen LogP contribution in [-0.2, 0) is 20.8 Å². The topological polar surface area (TPSA) is 109 Å². The summed E-state index contributed by atoms with van der Waals surface area (Å²) in [6, 6.07) is 6.71. The second-order valence-corrected chi connectivity index (χ2v) is 9.14. The molecule has 8 nitrogen and oxygen atoms in total. The largest absolute Gasteiger partial charge is 0.383 e. The Morgan fingerprint density at radius 2 is 1.85 bits per heavy atom. The van der Waals surface area contributed by atoms with Crippen LogP contribution in [0.1, 0.15) is 50.3 Å². The maximum absolute atomic E-state index is 13.6. The van der Waals surface area contributed by atoms with Gasteiger partial charge in [0.1, 0.15) is 11.6 Å². The molecule has 0 spiro atoms. The number of hydrogen-bond donors (Lipinski definition) is 2. The molecule has 2 heterocycles. The average Bonchev–Trinajstić information content (AvgIpc) is 3.64. The minimum Gasteiger partial charge on any atom is -0.383 e. The molecule has 0 bridgehead atoms. The fraction of sp³-hybridized carbons (Fsp3) is 0.440. The van der Waals surface area contributed by atoms with Crippen LogP contribution in [0.2, 0.25) is 0 Å². The van der Waals surface area contributed by atoms with E-state index in [1.165, 1.54) is 23.2 Å². The van der Waals surface area contributed by atoms with Gasteiger partial charge in [0.15, 0.2) is 0 Å². The van der Waals surface area contributed by atoms with E-state index >= 15 is 0 Å². The minimum absolute atomic E-state index is 0.0544. The Balaban J connectivity index is 1.55. The summed E-state index contributed by atoms with van der Waals surface area (Å²) in [5, 5.41) is 2.62. The highest BCUT2D eigenvalue weighted by Crippen LogP contribution is 2.35. The standard InChI is InChI=1S/C25H30FN5O3/c1-3-17-11-20(12-28-23(17)27)29-24(33)25(34)31-13-15(2)30(22(32)10-16-4-5-16)14-21(31)18-6-8-19(26)9-7-18/h6-9,11-12,15-16,21H,3-5,10,13-14H2,1-2H3,(H2,27,28)(H,29,33)/t15-,21-/m0/s1. The van der Waals surface area contributed by atoms with Crippen LogP contribution in [0.3, 0.4) is 0 Å². The summed E-state index contributed by atoms with van der Waals surface area (Å²) >= 11 is 0. The van der Waals surface area contributed by atoms with Crippen molar-refractivity contribution >= 4 is 29.2 Å². The predicted molar refractivity (Wildman–Crippen MR) is 126 cm³/mol. The number of carbonyl (C=O) groups excluding carboxylic acids is 3. The summed E-state index contributed by atoms with van der Waals surface area (Å²) < 4.78 is 13.6. The van der Waals surface area contributed by atoms with Gasteiger partial charge < -0.3 is 20.9 Å². The van der Waals surface area contributed by atoms with Gasteiger partial charge in [0.25, 0.3) is 0 Å². The van der Waals surface area contributed by atoms with E-state index in [-0.39, 0.29) is 25.0 Å². The van der Waals surface area contributed by atoms with Crippen LogP contribution in [0.5, 0.6) is 0 Å². The number of nitrogens with one attached hydrogen (secondary N) is 1. The van der Waals surface area contributed by atoms with Gasteiger partial charge >= 0.3 is 11.8 Å². The lowest BCUT2D eigenvalue weighted by Crippen LogP contribution is -2.58. The summed E-state index contributed by atoms with van der Waals surface area (Å²) in [7, 11) is 0. The summed E-state index contributed by atoms with van der Waals surface area (Å²) in [4.78, 5) is 46.4. The van der Waals surface area contributed by atoms with Crippen molar-refractivity contribution < 1.29 is 18.8 Å². The number of nitrogens with zero attached hydrogens (tertiary/aromatic N) is 3. The van der Waals surface area contributed by atoms with Crippen LogP contribution in [0.15, 0.2) is 36.5 Å². The number of nitrogens with two attached hydrogens (primary N) is 1. The number of aryl methyl sites for hydroxylation is 1. The van der Waals surface area contributed by atoms with Crippen molar-refractivity contribution in [2.24, 2.45) is 5.92 Å². The third kappa shape index (κ3) is 5.18. The van der Waals surface area contributed by atoms with Crippen molar-refractivity contribution in [3.05, 3.63) is 53.5 Å². The van der Waals surface area contributed by atoms with Gasteiger partial charge in [-0.2, -0.15) is 0 Å². The van der Waals surface area contributed by atoms with Gasteiger partial charge in [0.2, 0.25) is 5.91 Å². The Morgan fingerprint density at radius 1 is 1.15 bits per heavy atom. The normalized spacial score (nSPS) is 20.2. The first-order valence-electron chi connectivity index (χ1n) is 11.7. The summed E-state index contributed by atoms with van der Waals surface area (Å²) in [5.74, 6) is -1.04. The van der Waals surface area contributed by atoms with Crippen molar-refractivity contribution in [2.75, 3.05) is 24.1 Å². The highest BCUT2D eigenvalue weighted by atomic mass is 19.1. The lowest BCUT2D eigenvalue weighted by molar-refractivity contribution is -0.151. The zero-order valence-corrected chi connectivity index (χ0v) is 19.5. The second kappa shape index (κ2) is 9.79. The molecule has 34 heavy (non-hydrogen) atoms. The quantitative estimate of drug-likeness (QED) is 0.658. The van der Waals surface area contributed by atoms with Gasteiger partial charge in [0.05, 0.1) is 17.9 Å². The molecule has 1 aliphatic carbocycles. The zero-order valence-electron chi connectivity index (χ0n) is 19.5. The molecule has 1 saturated heterocycles. The predicted octanol–water partition coefficient (Wildman–Crippen LogP) is 2.90. The molecule has 3 N–H and O–H groups in total. The monoisotopic (exact) mass is 467 g/mol. The number of benzene rings is 1. The van der Waals surface area contributed by atoms with Crippen LogP contribution in [0.25, 0.3) is 0 Å². The maximum atomic E-state index is 13.6. The molecule has 2 aliphatic rings. The van der Waals surface area contributed by atoms with E-state index in [0.717, 1.165) is 18.4 Å². The maximum Gasteiger partial charge on any atom is 0.313 e. The molecule has 4 rings (SSSR count). The Kier molecular flexibility index (Phi) is 6.81. The number of piperazine rings is 1. The van der Waals surface area contributed by atoms with Crippen LogP contribution < -0.4 is 11.1 Å². The van der Waals surface area contributed by atoms with Crippen molar-refractivity contribution in [3.8, 4) is 0 Å². The van der Waals surface area contributed by atoms with Gasteiger partial charge in [-0.1, -0.05) is 19.1 Å². The number of aromatic nitrogens is 1. The zero-order chi connectivity index (χ0) is 24.4. The van der Waals surface area contributed by atoms with E-state index in [2.05, 4.69) is 10.3 Å². The first kappa shape index (κ1) is 23.7. The minimum atomic E-state index is -0.800. The Morgan fingerprint density at radius 3 is 2.50 bits per heavy atom. The van der Waals surface area contributed by atoms with E-state index < -0.39 is 23.7 Å². The number of hydrogen-bond acceptors (Lipinski definition) is 5. The summed E-state index contributed by atoms with van der Waals surface area (Å²) in [6.45, 7) is 4.25. The molecule has 9 heteroatoms. The Labute approximate surface area is 198 Å². The van der Waals surface area contributed by atoms with Crippen molar-refractivity contribution in [3.63, 3.8) is 0 Å². The lowest BCUT2D eigenvalue weighted by atomic mass is 9.98. The fourth-order valence-corrected chi connectivity index (χ4v) is 4.39. The van der Waals surface area contributed by atoms with Crippen molar-refractivity contribution in [2.45, 2.75) is 51.6 Å². The molecule has 1 aliphatic heterocycles. The van der Waals surface area contributed by atoms with Gasteiger partial charge in [-0.15, -0.1) is 0 Å². The van der Waals surface area contributed by atoms with Crippen LogP contribution in [-0.4, -0.2) is 51.6 Å². The van der Waals surface area contributed by atoms with Crippen LogP contribution >= 0.6 is 0 Å². The summed E-state index contributed by atoms with van der Waals surface area (Å²) in [6.07, 6.45) is 4.68. The fourth-order valence-electron chi connectivity index (χ4n) is 4.39. The molecular weight excluding hydrogens is 437 g/mol. The number of nitrogen functional groups attached to an aromatic ring is 1. The third-order valence-electron chi connectivity index (χ3n) is 6.57. The van der Waals surface area contributed by atoms with Gasteiger partial charge in [-0.05, 0) is 61.4 Å². The van der Waals surface area contributed by atoms with E-state index in [4.69, 9.17) is 5.73 Å². The SMILES string of the molecule is CCc1cc(NC(=O)C(=O)N2C[C@H](C)N(C(=O)CC3CC3)C[C@H]2c2ccc(F)cc2)cnc1N. The molecule has 1 aromatic heterocycles. The first-order chi connectivity index (χ1) is 16.3. The van der Waals surface area contributed by atoms with Crippen LogP contribution in [0, 0.1) is 11.7 Å². The average molecular weight is 468 g/mol. The molecule has 0 unspecified atom stereocenters. The Hall–Kier alpha value is -3.49. The third-order valence-corrected chi connectivity index (χ3v) is 6.57. The molecule has 2 fully saturated rings. The number of amides is 3. The molecule has 0 radical (unpaired) electrons. The van der Waals surface area contributed by atoms with E-state index in [0.29, 0.717) is 35.8 Å². The molecular formula is C25H30FN5O3. The lowest BCUT2D eigenvalue weighted by Gasteiger charge is -2.45.